The molecule has 1 aliphatic carbocycles. The van der Waals surface area contributed by atoms with Crippen molar-refractivity contribution in [1.29, 1.82) is 0 Å². The lowest BCUT2D eigenvalue weighted by molar-refractivity contribution is -0.132. The molecule has 2 rings (SSSR count). The number of rotatable bonds is 6. The van der Waals surface area contributed by atoms with Crippen LogP contribution in [0, 0.1) is 5.41 Å². The Morgan fingerprint density at radius 1 is 1.11 bits per heavy atom. The summed E-state index contributed by atoms with van der Waals surface area (Å²) in [5.74, 6) is 0. The summed E-state index contributed by atoms with van der Waals surface area (Å²) in [4.78, 5) is 10.4. The van der Waals surface area contributed by atoms with Crippen molar-refractivity contribution in [2.24, 2.45) is 5.41 Å². The van der Waals surface area contributed by atoms with E-state index >= 15 is 0 Å². The average Bonchev–Trinajstić information content (AvgIpc) is 2.47. The molecule has 1 aliphatic rings. The first-order valence-corrected chi connectivity index (χ1v) is 7.12. The van der Waals surface area contributed by atoms with Crippen LogP contribution in [-0.2, 0) is 9.53 Å². The van der Waals surface area contributed by atoms with E-state index in [2.05, 4.69) is 24.3 Å². The minimum atomic E-state index is 0.171. The van der Waals surface area contributed by atoms with Gasteiger partial charge in [0, 0.05) is 5.41 Å². The number of ether oxygens (including phenoxy) is 1. The second-order valence-corrected chi connectivity index (χ2v) is 5.49. The highest BCUT2D eigenvalue weighted by Gasteiger charge is 2.31. The van der Waals surface area contributed by atoms with Gasteiger partial charge in [0.1, 0.15) is 0 Å². The molecule has 0 atom stereocenters. The fourth-order valence-corrected chi connectivity index (χ4v) is 2.93. The maximum Gasteiger partial charge on any atom is 0.293 e. The Balaban J connectivity index is 1.96. The van der Waals surface area contributed by atoms with Crippen LogP contribution in [0.3, 0.4) is 0 Å². The monoisotopic (exact) mass is 258 g/mol. The molecule has 1 aromatic rings. The maximum absolute atomic E-state index is 10.4. The van der Waals surface area contributed by atoms with Crippen LogP contribution in [0.4, 0.5) is 0 Å². The third kappa shape index (κ3) is 4.23. The van der Waals surface area contributed by atoms with Crippen molar-refractivity contribution in [2.75, 3.05) is 6.61 Å². The normalized spacial score (nSPS) is 18.3. The molecule has 1 fully saturated rings. The van der Waals surface area contributed by atoms with Gasteiger partial charge in [0.05, 0.1) is 6.61 Å². The summed E-state index contributed by atoms with van der Waals surface area (Å²) in [6, 6.07) is 10.3. The largest absolute Gasteiger partial charge is 0.467 e. The lowest BCUT2D eigenvalue weighted by Crippen LogP contribution is -2.29. The smallest absolute Gasteiger partial charge is 0.293 e. The number of allylic oxidation sites excluding steroid dienone is 1. The molecule has 0 aliphatic heterocycles. The molecule has 1 saturated carbocycles. The number of benzene rings is 1. The van der Waals surface area contributed by atoms with Crippen LogP contribution in [0.25, 0.3) is 6.08 Å². The van der Waals surface area contributed by atoms with Crippen LogP contribution in [0.1, 0.15) is 44.1 Å². The summed E-state index contributed by atoms with van der Waals surface area (Å²) < 4.78 is 5.06. The quantitative estimate of drug-likeness (QED) is 0.714. The molecule has 1 aromatic carbocycles. The van der Waals surface area contributed by atoms with E-state index in [4.69, 9.17) is 4.74 Å². The van der Waals surface area contributed by atoms with Gasteiger partial charge in [-0.2, -0.15) is 0 Å². The van der Waals surface area contributed by atoms with Crippen LogP contribution in [0.2, 0.25) is 0 Å². The van der Waals surface area contributed by atoms with E-state index in [-0.39, 0.29) is 5.41 Å². The Labute approximate surface area is 115 Å². The summed E-state index contributed by atoms with van der Waals surface area (Å²) in [6.45, 7) is 1.15. The van der Waals surface area contributed by atoms with Crippen LogP contribution < -0.4 is 0 Å². The predicted molar refractivity (Wildman–Crippen MR) is 77.6 cm³/mol. The van der Waals surface area contributed by atoms with Crippen molar-refractivity contribution in [1.82, 2.24) is 0 Å². The molecule has 0 heterocycles. The number of carbonyl (C=O) groups is 1. The molecule has 0 amide bonds. The first-order chi connectivity index (χ1) is 9.35. The summed E-state index contributed by atoms with van der Waals surface area (Å²) in [5, 5.41) is 0. The van der Waals surface area contributed by atoms with Crippen molar-refractivity contribution in [3.63, 3.8) is 0 Å². The second kappa shape index (κ2) is 7.13. The molecule has 0 saturated heterocycles. The van der Waals surface area contributed by atoms with E-state index in [0.29, 0.717) is 13.1 Å². The summed E-state index contributed by atoms with van der Waals surface area (Å²) in [7, 11) is 0. The molecule has 0 bridgehead atoms. The maximum atomic E-state index is 10.4. The molecule has 0 aromatic heterocycles. The van der Waals surface area contributed by atoms with Crippen molar-refractivity contribution in [2.45, 2.75) is 38.5 Å². The average molecular weight is 258 g/mol. The molecule has 0 unspecified atom stereocenters. The van der Waals surface area contributed by atoms with Gasteiger partial charge in [-0.15, -0.1) is 0 Å². The molecule has 0 N–H and O–H groups in total. The first kappa shape index (κ1) is 13.9. The standard InChI is InChI=1S/C17H22O2/c18-15-19-14-17(11-5-2-6-12-17)13-7-10-16-8-3-1-4-9-16/h1,3-4,7-10,15H,2,5-6,11-14H2/b10-7+. The topological polar surface area (TPSA) is 26.3 Å². The fourth-order valence-electron chi connectivity index (χ4n) is 2.93. The first-order valence-electron chi connectivity index (χ1n) is 7.12. The zero-order valence-electron chi connectivity index (χ0n) is 11.4. The Morgan fingerprint density at radius 2 is 1.84 bits per heavy atom. The molecular weight excluding hydrogens is 236 g/mol. The van der Waals surface area contributed by atoms with E-state index < -0.39 is 0 Å². The Kier molecular flexibility index (Phi) is 5.20. The lowest BCUT2D eigenvalue weighted by atomic mass is 9.72. The molecular formula is C17H22O2. The molecule has 19 heavy (non-hydrogen) atoms. The minimum absolute atomic E-state index is 0.171. The van der Waals surface area contributed by atoms with E-state index in [1.54, 1.807) is 0 Å². The van der Waals surface area contributed by atoms with E-state index in [0.717, 1.165) is 6.42 Å². The Bertz CT molecular complexity index is 403. The highest BCUT2D eigenvalue weighted by molar-refractivity contribution is 5.48. The van der Waals surface area contributed by atoms with Gasteiger partial charge in [0.15, 0.2) is 0 Å². The molecule has 2 nitrogen and oxygen atoms in total. The Hall–Kier alpha value is -1.57. The molecule has 0 spiro atoms. The van der Waals surface area contributed by atoms with Gasteiger partial charge < -0.3 is 4.74 Å². The Morgan fingerprint density at radius 3 is 2.53 bits per heavy atom. The highest BCUT2D eigenvalue weighted by Crippen LogP contribution is 2.40. The zero-order valence-corrected chi connectivity index (χ0v) is 11.4. The van der Waals surface area contributed by atoms with Crippen molar-refractivity contribution >= 4 is 12.5 Å². The summed E-state index contributed by atoms with van der Waals surface area (Å²) in [5.41, 5.74) is 1.40. The predicted octanol–water partition coefficient (Wildman–Crippen LogP) is 4.21. The summed E-state index contributed by atoms with van der Waals surface area (Å²) in [6.07, 6.45) is 11.5. The SMILES string of the molecule is O=COCC1(C/C=C/c2ccccc2)CCCCC1. The summed E-state index contributed by atoms with van der Waals surface area (Å²) >= 11 is 0. The van der Waals surface area contributed by atoms with E-state index in [1.807, 2.05) is 18.2 Å². The van der Waals surface area contributed by atoms with Crippen LogP contribution in [0.15, 0.2) is 36.4 Å². The van der Waals surface area contributed by atoms with Gasteiger partial charge in [-0.3, -0.25) is 4.79 Å². The van der Waals surface area contributed by atoms with Gasteiger partial charge in [-0.05, 0) is 24.8 Å². The van der Waals surface area contributed by atoms with Gasteiger partial charge in [0.25, 0.3) is 6.47 Å². The van der Waals surface area contributed by atoms with Crippen molar-refractivity contribution in [3.8, 4) is 0 Å². The molecule has 0 radical (unpaired) electrons. The van der Waals surface area contributed by atoms with Crippen LogP contribution in [-0.4, -0.2) is 13.1 Å². The van der Waals surface area contributed by atoms with E-state index in [9.17, 15) is 4.79 Å². The third-order valence-corrected chi connectivity index (χ3v) is 4.03. The second-order valence-electron chi connectivity index (χ2n) is 5.49. The van der Waals surface area contributed by atoms with Gasteiger partial charge >= 0.3 is 0 Å². The highest BCUT2D eigenvalue weighted by atomic mass is 16.5. The van der Waals surface area contributed by atoms with E-state index in [1.165, 1.54) is 37.7 Å². The number of hydrogen-bond acceptors (Lipinski definition) is 2. The molecule has 2 heteroatoms. The van der Waals surface area contributed by atoms with Gasteiger partial charge in [-0.25, -0.2) is 0 Å². The van der Waals surface area contributed by atoms with Crippen LogP contribution in [0.5, 0.6) is 0 Å². The lowest BCUT2D eigenvalue weighted by Gasteiger charge is -2.35. The van der Waals surface area contributed by atoms with Gasteiger partial charge in [-0.1, -0.05) is 61.7 Å². The third-order valence-electron chi connectivity index (χ3n) is 4.03. The number of carbonyl (C=O) groups excluding carboxylic acids is 1. The van der Waals surface area contributed by atoms with Crippen molar-refractivity contribution in [3.05, 3.63) is 42.0 Å². The van der Waals surface area contributed by atoms with Gasteiger partial charge in [0.2, 0.25) is 0 Å². The fraction of sp³-hybridized carbons (Fsp3) is 0.471. The number of hydrogen-bond donors (Lipinski definition) is 0. The molecule has 102 valence electrons. The van der Waals surface area contributed by atoms with Crippen molar-refractivity contribution < 1.29 is 9.53 Å². The minimum Gasteiger partial charge on any atom is -0.467 e. The zero-order chi connectivity index (χ0) is 13.4. The van der Waals surface area contributed by atoms with Crippen LogP contribution >= 0.6 is 0 Å².